The van der Waals surface area contributed by atoms with Crippen LogP contribution < -0.4 is 5.32 Å². The Balaban J connectivity index is 1.53. The summed E-state index contributed by atoms with van der Waals surface area (Å²) in [6, 6.07) is 4.98. The Hall–Kier alpha value is -0.760. The second kappa shape index (κ2) is 4.25. The van der Waals surface area contributed by atoms with Gasteiger partial charge in [0.15, 0.2) is 0 Å². The third-order valence-electron chi connectivity index (χ3n) is 3.84. The molecule has 3 rings (SSSR count). The first kappa shape index (κ1) is 10.4. The standard InChI is InChI=1S/C14H21NO/c1-2-12-7-8-13(16-12)9-15-14(10-3-4-10)11-5-6-11/h7-8,10-11,14-15H,2-6,9H2,1H3. The molecule has 2 nitrogen and oxygen atoms in total. The van der Waals surface area contributed by atoms with Crippen LogP contribution in [0.5, 0.6) is 0 Å². The van der Waals surface area contributed by atoms with Gasteiger partial charge in [-0.3, -0.25) is 0 Å². The maximum Gasteiger partial charge on any atom is 0.117 e. The van der Waals surface area contributed by atoms with Gasteiger partial charge in [-0.25, -0.2) is 0 Å². The van der Waals surface area contributed by atoms with E-state index in [4.69, 9.17) is 4.42 Å². The highest BCUT2D eigenvalue weighted by molar-refractivity contribution is 5.07. The highest BCUT2D eigenvalue weighted by atomic mass is 16.3. The van der Waals surface area contributed by atoms with E-state index >= 15 is 0 Å². The largest absolute Gasteiger partial charge is 0.465 e. The molecule has 2 fully saturated rings. The summed E-state index contributed by atoms with van der Waals surface area (Å²) in [6.07, 6.45) is 6.74. The molecule has 0 unspecified atom stereocenters. The van der Waals surface area contributed by atoms with Gasteiger partial charge in [0.05, 0.1) is 6.54 Å². The molecule has 0 amide bonds. The predicted molar refractivity (Wildman–Crippen MR) is 64.2 cm³/mol. The van der Waals surface area contributed by atoms with E-state index in [9.17, 15) is 0 Å². The van der Waals surface area contributed by atoms with Crippen molar-refractivity contribution in [3.63, 3.8) is 0 Å². The van der Waals surface area contributed by atoms with Crippen molar-refractivity contribution in [1.29, 1.82) is 0 Å². The molecule has 0 saturated heterocycles. The first-order valence-electron chi connectivity index (χ1n) is 6.68. The van der Waals surface area contributed by atoms with Gasteiger partial charge in [0.2, 0.25) is 0 Å². The SMILES string of the molecule is CCc1ccc(CNC(C2CC2)C2CC2)o1. The lowest BCUT2D eigenvalue weighted by Crippen LogP contribution is -2.32. The molecule has 0 radical (unpaired) electrons. The first-order chi connectivity index (χ1) is 7.86. The molecule has 0 spiro atoms. The molecular formula is C14H21NO. The summed E-state index contributed by atoms with van der Waals surface area (Å²) in [5, 5.41) is 3.70. The molecule has 16 heavy (non-hydrogen) atoms. The average molecular weight is 219 g/mol. The van der Waals surface area contributed by atoms with Crippen LogP contribution >= 0.6 is 0 Å². The van der Waals surface area contributed by atoms with Crippen molar-refractivity contribution < 1.29 is 4.42 Å². The van der Waals surface area contributed by atoms with Crippen molar-refractivity contribution in [2.45, 2.75) is 51.6 Å². The van der Waals surface area contributed by atoms with E-state index in [1.54, 1.807) is 0 Å². The number of rotatable bonds is 6. The van der Waals surface area contributed by atoms with Gasteiger partial charge in [0.1, 0.15) is 11.5 Å². The van der Waals surface area contributed by atoms with E-state index < -0.39 is 0 Å². The van der Waals surface area contributed by atoms with Gasteiger partial charge >= 0.3 is 0 Å². The van der Waals surface area contributed by atoms with Gasteiger partial charge in [0, 0.05) is 12.5 Å². The van der Waals surface area contributed by atoms with Crippen LogP contribution in [0.4, 0.5) is 0 Å². The predicted octanol–water partition coefficient (Wildman–Crippen LogP) is 3.12. The zero-order valence-corrected chi connectivity index (χ0v) is 10.0. The van der Waals surface area contributed by atoms with Gasteiger partial charge in [-0.2, -0.15) is 0 Å². The van der Waals surface area contributed by atoms with E-state index in [-0.39, 0.29) is 0 Å². The highest BCUT2D eigenvalue weighted by Crippen LogP contribution is 2.44. The number of furan rings is 1. The number of aryl methyl sites for hydroxylation is 1. The van der Waals surface area contributed by atoms with E-state index in [1.165, 1.54) is 25.7 Å². The zero-order valence-electron chi connectivity index (χ0n) is 10.0. The Morgan fingerprint density at radius 2 is 1.81 bits per heavy atom. The monoisotopic (exact) mass is 219 g/mol. The maximum absolute atomic E-state index is 5.72. The average Bonchev–Trinajstić information content (AvgIpc) is 3.20. The van der Waals surface area contributed by atoms with Gasteiger partial charge < -0.3 is 9.73 Å². The molecular weight excluding hydrogens is 198 g/mol. The molecule has 0 aliphatic heterocycles. The Morgan fingerprint density at radius 1 is 1.19 bits per heavy atom. The maximum atomic E-state index is 5.72. The molecule has 1 heterocycles. The summed E-state index contributed by atoms with van der Waals surface area (Å²) in [5.74, 6) is 4.13. The fourth-order valence-corrected chi connectivity index (χ4v) is 2.55. The lowest BCUT2D eigenvalue weighted by molar-refractivity contribution is 0.379. The van der Waals surface area contributed by atoms with Crippen LogP contribution in [-0.4, -0.2) is 6.04 Å². The molecule has 0 bridgehead atoms. The Labute approximate surface area is 97.4 Å². The minimum Gasteiger partial charge on any atom is -0.465 e. The smallest absolute Gasteiger partial charge is 0.117 e. The summed E-state index contributed by atoms with van der Waals surface area (Å²) >= 11 is 0. The van der Waals surface area contributed by atoms with E-state index in [2.05, 4.69) is 24.4 Å². The fraction of sp³-hybridized carbons (Fsp3) is 0.714. The zero-order chi connectivity index (χ0) is 11.0. The summed E-state index contributed by atoms with van der Waals surface area (Å²) in [6.45, 7) is 3.05. The fourth-order valence-electron chi connectivity index (χ4n) is 2.55. The van der Waals surface area contributed by atoms with Crippen LogP contribution in [0.1, 0.15) is 44.1 Å². The molecule has 1 aromatic heterocycles. The van der Waals surface area contributed by atoms with Crippen LogP contribution in [0, 0.1) is 11.8 Å². The third-order valence-corrected chi connectivity index (χ3v) is 3.84. The van der Waals surface area contributed by atoms with Crippen LogP contribution in [0.15, 0.2) is 16.5 Å². The van der Waals surface area contributed by atoms with Crippen molar-refractivity contribution in [2.24, 2.45) is 11.8 Å². The molecule has 2 heteroatoms. The van der Waals surface area contributed by atoms with Crippen LogP contribution in [0.25, 0.3) is 0 Å². The molecule has 2 aliphatic carbocycles. The van der Waals surface area contributed by atoms with Crippen molar-refractivity contribution in [2.75, 3.05) is 0 Å². The molecule has 2 saturated carbocycles. The molecule has 88 valence electrons. The van der Waals surface area contributed by atoms with Gasteiger partial charge in [-0.1, -0.05) is 6.92 Å². The summed E-state index contributed by atoms with van der Waals surface area (Å²) < 4.78 is 5.72. The van der Waals surface area contributed by atoms with Gasteiger partial charge in [-0.15, -0.1) is 0 Å². The molecule has 0 atom stereocenters. The lowest BCUT2D eigenvalue weighted by Gasteiger charge is -2.16. The van der Waals surface area contributed by atoms with E-state index in [0.717, 1.165) is 42.4 Å². The number of hydrogen-bond acceptors (Lipinski definition) is 2. The quantitative estimate of drug-likeness (QED) is 0.795. The second-order valence-electron chi connectivity index (χ2n) is 5.30. The Morgan fingerprint density at radius 3 is 2.31 bits per heavy atom. The Bertz CT molecular complexity index is 337. The van der Waals surface area contributed by atoms with Crippen molar-refractivity contribution in [3.05, 3.63) is 23.7 Å². The number of nitrogens with one attached hydrogen (secondary N) is 1. The topological polar surface area (TPSA) is 25.2 Å². The van der Waals surface area contributed by atoms with Crippen LogP contribution in [0.3, 0.4) is 0 Å². The minimum atomic E-state index is 0.773. The van der Waals surface area contributed by atoms with Crippen LogP contribution in [0.2, 0.25) is 0 Å². The highest BCUT2D eigenvalue weighted by Gasteiger charge is 2.40. The normalized spacial score (nSPS) is 20.6. The van der Waals surface area contributed by atoms with Crippen LogP contribution in [-0.2, 0) is 13.0 Å². The summed E-state index contributed by atoms with van der Waals surface area (Å²) in [4.78, 5) is 0. The summed E-state index contributed by atoms with van der Waals surface area (Å²) in [7, 11) is 0. The second-order valence-corrected chi connectivity index (χ2v) is 5.30. The number of hydrogen-bond donors (Lipinski definition) is 1. The van der Waals surface area contributed by atoms with E-state index in [1.807, 2.05) is 0 Å². The molecule has 1 aromatic rings. The Kier molecular flexibility index (Phi) is 2.76. The lowest BCUT2D eigenvalue weighted by atomic mass is 10.1. The van der Waals surface area contributed by atoms with Gasteiger partial charge in [0.25, 0.3) is 0 Å². The molecule has 1 N–H and O–H groups in total. The molecule has 2 aliphatic rings. The van der Waals surface area contributed by atoms with Gasteiger partial charge in [-0.05, 0) is 49.7 Å². The van der Waals surface area contributed by atoms with Crippen molar-refractivity contribution >= 4 is 0 Å². The molecule has 0 aromatic carbocycles. The third kappa shape index (κ3) is 2.32. The minimum absolute atomic E-state index is 0.773. The van der Waals surface area contributed by atoms with Crippen molar-refractivity contribution in [3.8, 4) is 0 Å². The van der Waals surface area contributed by atoms with Crippen molar-refractivity contribution in [1.82, 2.24) is 5.32 Å². The summed E-state index contributed by atoms with van der Waals surface area (Å²) in [5.41, 5.74) is 0. The van der Waals surface area contributed by atoms with E-state index in [0.29, 0.717) is 0 Å². The first-order valence-corrected chi connectivity index (χ1v) is 6.68.